The molecule has 0 aromatic heterocycles. The van der Waals surface area contributed by atoms with Crippen molar-refractivity contribution >= 4 is 39.3 Å². The van der Waals surface area contributed by atoms with E-state index in [1.807, 2.05) is 0 Å². The number of carbonyl (C=O) groups is 2. The summed E-state index contributed by atoms with van der Waals surface area (Å²) in [6.45, 7) is 0. The van der Waals surface area contributed by atoms with Crippen LogP contribution in [-0.4, -0.2) is 52.0 Å². The molecule has 3 rings (SSSR count). The van der Waals surface area contributed by atoms with Crippen molar-refractivity contribution in [2.45, 2.75) is 12.5 Å². The van der Waals surface area contributed by atoms with Crippen molar-refractivity contribution in [2.75, 3.05) is 25.7 Å². The van der Waals surface area contributed by atoms with E-state index in [4.69, 9.17) is 21.1 Å². The average molecular weight is 479 g/mol. The van der Waals surface area contributed by atoms with Gasteiger partial charge in [-0.15, -0.1) is 0 Å². The summed E-state index contributed by atoms with van der Waals surface area (Å²) < 4.78 is 34.0. The van der Waals surface area contributed by atoms with Crippen molar-refractivity contribution in [2.24, 2.45) is 0 Å². The molecule has 1 atom stereocenters. The van der Waals surface area contributed by atoms with E-state index >= 15 is 0 Å². The number of benzene rings is 2. The van der Waals surface area contributed by atoms with Crippen molar-refractivity contribution in [3.8, 4) is 11.5 Å². The number of halogens is 1. The van der Waals surface area contributed by atoms with Crippen LogP contribution >= 0.6 is 11.6 Å². The van der Waals surface area contributed by atoms with E-state index in [0.717, 1.165) is 0 Å². The van der Waals surface area contributed by atoms with Gasteiger partial charge in [-0.1, -0.05) is 17.7 Å². The van der Waals surface area contributed by atoms with Crippen LogP contribution in [0.15, 0.2) is 48.2 Å². The van der Waals surface area contributed by atoms with Gasteiger partial charge >= 0.3 is 0 Å². The second-order valence-electron chi connectivity index (χ2n) is 7.21. The number of rotatable bonds is 7. The maximum Gasteiger partial charge on any atom is 0.268 e. The molecular formula is C22H23ClN2O6S. The monoisotopic (exact) mass is 478 g/mol. The molecule has 0 unspecified atom stereocenters. The summed E-state index contributed by atoms with van der Waals surface area (Å²) >= 11 is 5.87. The minimum absolute atomic E-state index is 0.0177. The molecule has 1 aliphatic heterocycles. The first-order chi connectivity index (χ1) is 15.2. The van der Waals surface area contributed by atoms with Crippen LogP contribution in [0, 0.1) is 0 Å². The van der Waals surface area contributed by atoms with Gasteiger partial charge in [0.1, 0.15) is 5.70 Å². The summed E-state index contributed by atoms with van der Waals surface area (Å²) in [6.07, 6.45) is 1.80. The molecule has 10 heteroatoms. The lowest BCUT2D eigenvalue weighted by Gasteiger charge is -2.15. The van der Waals surface area contributed by atoms with Gasteiger partial charge in [0.05, 0.1) is 25.7 Å². The number of ether oxygens (including phenoxy) is 2. The first-order valence-electron chi connectivity index (χ1n) is 9.72. The van der Waals surface area contributed by atoms with Crippen molar-refractivity contribution in [1.29, 1.82) is 0 Å². The molecule has 32 heavy (non-hydrogen) atoms. The van der Waals surface area contributed by atoms with E-state index in [-0.39, 0.29) is 17.2 Å². The number of sulfone groups is 1. The zero-order valence-electron chi connectivity index (χ0n) is 17.6. The maximum absolute atomic E-state index is 12.9. The zero-order valence-corrected chi connectivity index (χ0v) is 19.1. The fraction of sp³-hybridized carbons (Fsp3) is 0.273. The Hall–Kier alpha value is -3.04. The lowest BCUT2D eigenvalue weighted by Crippen LogP contribution is -2.41. The van der Waals surface area contributed by atoms with Crippen LogP contribution in [0.5, 0.6) is 11.5 Å². The Morgan fingerprint density at radius 3 is 2.34 bits per heavy atom. The summed E-state index contributed by atoms with van der Waals surface area (Å²) in [5.74, 6) is -0.257. The topological polar surface area (TPSA) is 111 Å². The van der Waals surface area contributed by atoms with E-state index in [1.165, 1.54) is 32.4 Å². The standard InChI is InChI=1S/C22H23ClN2O6S/c1-30-19-8-3-14(12-20(19)31-2)11-18(22(27)24-17-9-10-32(28,29)13-17)25-21(26)15-4-6-16(23)7-5-15/h3-8,11-12,17H,9-10,13H2,1-2H3,(H,24,27)(H,25,26)/b18-11-/t17-/m0/s1. The number of nitrogens with one attached hydrogen (secondary N) is 2. The Morgan fingerprint density at radius 2 is 1.75 bits per heavy atom. The Balaban J connectivity index is 1.89. The summed E-state index contributed by atoms with van der Waals surface area (Å²) in [6, 6.07) is 10.7. The molecule has 2 aromatic rings. The van der Waals surface area contributed by atoms with E-state index in [1.54, 1.807) is 30.3 Å². The van der Waals surface area contributed by atoms with Crippen LogP contribution < -0.4 is 20.1 Å². The second kappa shape index (κ2) is 10.1. The molecule has 1 saturated heterocycles. The van der Waals surface area contributed by atoms with Gasteiger partial charge in [0.15, 0.2) is 21.3 Å². The van der Waals surface area contributed by atoms with E-state index < -0.39 is 27.7 Å². The van der Waals surface area contributed by atoms with E-state index in [9.17, 15) is 18.0 Å². The van der Waals surface area contributed by atoms with Gasteiger partial charge in [0, 0.05) is 16.6 Å². The van der Waals surface area contributed by atoms with Gasteiger partial charge in [-0.3, -0.25) is 9.59 Å². The van der Waals surface area contributed by atoms with E-state index in [2.05, 4.69) is 10.6 Å². The van der Waals surface area contributed by atoms with Crippen LogP contribution in [0.2, 0.25) is 5.02 Å². The molecule has 0 radical (unpaired) electrons. The van der Waals surface area contributed by atoms with Crippen molar-refractivity contribution in [1.82, 2.24) is 10.6 Å². The lowest BCUT2D eigenvalue weighted by molar-refractivity contribution is -0.118. The largest absolute Gasteiger partial charge is 0.493 e. The number of hydrogen-bond acceptors (Lipinski definition) is 6. The summed E-state index contributed by atoms with van der Waals surface area (Å²) in [7, 11) is -0.181. The number of carbonyl (C=O) groups excluding carboxylic acids is 2. The smallest absolute Gasteiger partial charge is 0.268 e. The molecule has 2 aromatic carbocycles. The van der Waals surface area contributed by atoms with Gasteiger partial charge in [-0.05, 0) is 54.5 Å². The minimum Gasteiger partial charge on any atom is -0.493 e. The molecule has 170 valence electrons. The molecule has 8 nitrogen and oxygen atoms in total. The molecule has 2 N–H and O–H groups in total. The predicted octanol–water partition coefficient (Wildman–Crippen LogP) is 2.43. The van der Waals surface area contributed by atoms with Gasteiger partial charge in [-0.25, -0.2) is 8.42 Å². The third-order valence-electron chi connectivity index (χ3n) is 4.89. The Bertz CT molecular complexity index is 1150. The van der Waals surface area contributed by atoms with Crippen molar-refractivity contribution in [3.05, 3.63) is 64.3 Å². The van der Waals surface area contributed by atoms with Crippen LogP contribution in [-0.2, 0) is 14.6 Å². The Labute approximate surface area is 191 Å². The molecule has 1 fully saturated rings. The number of amides is 2. The fourth-order valence-corrected chi connectivity index (χ4v) is 5.03. The summed E-state index contributed by atoms with van der Waals surface area (Å²) in [5, 5.41) is 5.78. The molecule has 0 saturated carbocycles. The van der Waals surface area contributed by atoms with Gasteiger partial charge < -0.3 is 20.1 Å². The van der Waals surface area contributed by atoms with Crippen molar-refractivity contribution < 1.29 is 27.5 Å². The molecule has 0 spiro atoms. The first-order valence-corrected chi connectivity index (χ1v) is 11.9. The third-order valence-corrected chi connectivity index (χ3v) is 6.91. The van der Waals surface area contributed by atoms with Crippen LogP contribution in [0.3, 0.4) is 0 Å². The quantitative estimate of drug-likeness (QED) is 0.591. The molecule has 2 amide bonds. The highest BCUT2D eigenvalue weighted by molar-refractivity contribution is 7.91. The summed E-state index contributed by atoms with van der Waals surface area (Å²) in [5.41, 5.74) is 0.841. The highest BCUT2D eigenvalue weighted by Crippen LogP contribution is 2.28. The average Bonchev–Trinajstić information content (AvgIpc) is 3.11. The summed E-state index contributed by atoms with van der Waals surface area (Å²) in [4.78, 5) is 25.7. The highest BCUT2D eigenvalue weighted by atomic mass is 35.5. The van der Waals surface area contributed by atoms with Gasteiger partial charge in [0.2, 0.25) is 0 Å². The van der Waals surface area contributed by atoms with Crippen molar-refractivity contribution in [3.63, 3.8) is 0 Å². The first kappa shape index (κ1) is 23.6. The SMILES string of the molecule is COc1ccc(/C=C(\NC(=O)c2ccc(Cl)cc2)C(=O)N[C@H]2CCS(=O)(=O)C2)cc1OC. The number of methoxy groups -OCH3 is 2. The van der Waals surface area contributed by atoms with Gasteiger partial charge in [0.25, 0.3) is 11.8 Å². The predicted molar refractivity (Wildman–Crippen MR) is 122 cm³/mol. The number of hydrogen-bond donors (Lipinski definition) is 2. The Morgan fingerprint density at radius 1 is 1.06 bits per heavy atom. The fourth-order valence-electron chi connectivity index (χ4n) is 3.24. The highest BCUT2D eigenvalue weighted by Gasteiger charge is 2.30. The van der Waals surface area contributed by atoms with Crippen LogP contribution in [0.1, 0.15) is 22.3 Å². The normalized spacial score (nSPS) is 17.5. The zero-order chi connectivity index (χ0) is 23.3. The molecule has 1 aliphatic rings. The minimum atomic E-state index is -3.18. The molecule has 0 aliphatic carbocycles. The van der Waals surface area contributed by atoms with Crippen LogP contribution in [0.25, 0.3) is 6.08 Å². The molecule has 1 heterocycles. The van der Waals surface area contributed by atoms with E-state index in [0.29, 0.717) is 34.1 Å². The maximum atomic E-state index is 12.9. The molecular weight excluding hydrogens is 456 g/mol. The third kappa shape index (κ3) is 6.02. The van der Waals surface area contributed by atoms with Crippen LogP contribution in [0.4, 0.5) is 0 Å². The second-order valence-corrected chi connectivity index (χ2v) is 9.87. The lowest BCUT2D eigenvalue weighted by atomic mass is 10.1. The molecule has 0 bridgehead atoms. The Kier molecular flexibility index (Phi) is 7.42. The van der Waals surface area contributed by atoms with Gasteiger partial charge in [-0.2, -0.15) is 0 Å².